The summed E-state index contributed by atoms with van der Waals surface area (Å²) in [5.41, 5.74) is 0. The molecule has 1 amide bonds. The van der Waals surface area contributed by atoms with Crippen LogP contribution in [-0.4, -0.2) is 27.7 Å². The van der Waals surface area contributed by atoms with E-state index >= 15 is 0 Å². The minimum atomic E-state index is -0.272. The van der Waals surface area contributed by atoms with Crippen molar-refractivity contribution in [2.75, 3.05) is 6.54 Å². The summed E-state index contributed by atoms with van der Waals surface area (Å²) >= 11 is 2.07. The monoisotopic (exact) mass is 335 g/mol. The molecule has 1 aliphatic rings. The van der Waals surface area contributed by atoms with Crippen LogP contribution in [0, 0.1) is 12.3 Å². The third-order valence-corrected chi connectivity index (χ3v) is 3.03. The zero-order valence-electron chi connectivity index (χ0n) is 9.62. The molecule has 0 bridgehead atoms. The zero-order valence-corrected chi connectivity index (χ0v) is 11.8. The molecule has 1 saturated carbocycles. The molecule has 0 aromatic rings. The Balaban J connectivity index is 2.58. The molecule has 0 aliphatic heterocycles. The van der Waals surface area contributed by atoms with Gasteiger partial charge >= 0.3 is 6.09 Å². The molecule has 0 aromatic carbocycles. The molecule has 1 fully saturated rings. The van der Waals surface area contributed by atoms with Crippen LogP contribution < -0.4 is 0 Å². The van der Waals surface area contributed by atoms with E-state index in [4.69, 9.17) is 11.2 Å². The molecule has 0 saturated heterocycles. The first kappa shape index (κ1) is 13.6. The van der Waals surface area contributed by atoms with E-state index in [1.807, 2.05) is 6.92 Å². The summed E-state index contributed by atoms with van der Waals surface area (Å²) in [6, 6.07) is 0.271. The van der Waals surface area contributed by atoms with Gasteiger partial charge in [0, 0.05) is 6.04 Å². The lowest BCUT2D eigenvalue weighted by Crippen LogP contribution is -2.42. The van der Waals surface area contributed by atoms with Crippen molar-refractivity contribution in [2.24, 2.45) is 0 Å². The van der Waals surface area contributed by atoms with Gasteiger partial charge in [0.2, 0.25) is 0 Å². The Bertz CT molecular complexity index is 267. The largest absolute Gasteiger partial charge is 0.436 e. The molecule has 0 N–H and O–H groups in total. The molecule has 1 unspecified atom stereocenters. The second kappa shape index (κ2) is 7.00. The first-order valence-corrected chi connectivity index (χ1v) is 6.94. The summed E-state index contributed by atoms with van der Waals surface area (Å²) in [6.45, 7) is 2.19. The van der Waals surface area contributed by atoms with E-state index in [0.717, 1.165) is 12.8 Å². The molecular weight excluding hydrogens is 317 g/mol. The fourth-order valence-corrected chi connectivity index (χ4v) is 2.26. The normalized spacial score (nSPS) is 18.6. The van der Waals surface area contributed by atoms with Gasteiger partial charge in [0.15, 0.2) is 4.11 Å². The lowest BCUT2D eigenvalue weighted by atomic mass is 9.94. The van der Waals surface area contributed by atoms with Crippen molar-refractivity contribution in [1.29, 1.82) is 0 Å². The maximum absolute atomic E-state index is 11.8. The molecule has 0 aromatic heterocycles. The minimum absolute atomic E-state index is 0.117. The molecular formula is C12H18INO2. The molecule has 0 spiro atoms. The minimum Gasteiger partial charge on any atom is -0.436 e. The second-order valence-corrected chi connectivity index (χ2v) is 5.80. The number of hydrogen-bond donors (Lipinski definition) is 0. The van der Waals surface area contributed by atoms with Gasteiger partial charge in [-0.1, -0.05) is 25.2 Å². The number of ether oxygens (including phenoxy) is 1. The molecule has 1 atom stereocenters. The van der Waals surface area contributed by atoms with Crippen LogP contribution >= 0.6 is 22.6 Å². The predicted octanol–water partition coefficient (Wildman–Crippen LogP) is 3.17. The SMILES string of the molecule is C#CCN(C(=O)OC(C)I)C1CCCCC1. The number of amides is 1. The second-order valence-electron chi connectivity index (χ2n) is 4.05. The highest BCUT2D eigenvalue weighted by molar-refractivity contribution is 14.1. The van der Waals surface area contributed by atoms with E-state index in [2.05, 4.69) is 28.5 Å². The van der Waals surface area contributed by atoms with E-state index in [-0.39, 0.29) is 16.2 Å². The van der Waals surface area contributed by atoms with E-state index in [1.54, 1.807) is 4.90 Å². The van der Waals surface area contributed by atoms with Gasteiger partial charge in [-0.2, -0.15) is 0 Å². The Labute approximate surface area is 111 Å². The van der Waals surface area contributed by atoms with Crippen molar-refractivity contribution >= 4 is 28.7 Å². The summed E-state index contributed by atoms with van der Waals surface area (Å²) in [5.74, 6) is 2.54. The Kier molecular flexibility index (Phi) is 5.96. The number of nitrogens with zero attached hydrogens (tertiary/aromatic N) is 1. The molecule has 1 rings (SSSR count). The van der Waals surface area contributed by atoms with Gasteiger partial charge in [0.05, 0.1) is 6.54 Å². The van der Waals surface area contributed by atoms with Crippen LogP contribution in [0.1, 0.15) is 39.0 Å². The molecule has 0 heterocycles. The number of carbonyl (C=O) groups is 1. The molecule has 16 heavy (non-hydrogen) atoms. The third kappa shape index (κ3) is 4.20. The first-order valence-electron chi connectivity index (χ1n) is 5.70. The summed E-state index contributed by atoms with van der Waals surface area (Å²) in [4.78, 5) is 13.5. The maximum atomic E-state index is 11.8. The fraction of sp³-hybridized carbons (Fsp3) is 0.750. The molecule has 1 aliphatic carbocycles. The van der Waals surface area contributed by atoms with E-state index < -0.39 is 0 Å². The maximum Gasteiger partial charge on any atom is 0.411 e. The smallest absolute Gasteiger partial charge is 0.411 e. The zero-order chi connectivity index (χ0) is 12.0. The summed E-state index contributed by atoms with van der Waals surface area (Å²) in [6.07, 6.45) is 10.7. The third-order valence-electron chi connectivity index (χ3n) is 2.77. The molecule has 3 nitrogen and oxygen atoms in total. The number of alkyl halides is 1. The average Bonchev–Trinajstić information content (AvgIpc) is 2.26. The number of terminal acetylenes is 1. The Morgan fingerprint density at radius 3 is 2.69 bits per heavy atom. The number of hydrogen-bond acceptors (Lipinski definition) is 2. The first-order chi connectivity index (χ1) is 7.65. The van der Waals surface area contributed by atoms with Gasteiger partial charge in [-0.3, -0.25) is 4.90 Å². The van der Waals surface area contributed by atoms with Crippen molar-refractivity contribution in [3.63, 3.8) is 0 Å². The lowest BCUT2D eigenvalue weighted by molar-refractivity contribution is 0.0831. The van der Waals surface area contributed by atoms with Crippen molar-refractivity contribution < 1.29 is 9.53 Å². The van der Waals surface area contributed by atoms with Crippen LogP contribution in [0.3, 0.4) is 0 Å². The van der Waals surface area contributed by atoms with Gasteiger partial charge in [-0.15, -0.1) is 6.42 Å². The number of carbonyl (C=O) groups excluding carboxylic acids is 1. The standard InChI is InChI=1S/C12H18INO2/c1-3-9-14(12(15)16-10(2)13)11-7-5-4-6-8-11/h1,10-11H,4-9H2,2H3. The van der Waals surface area contributed by atoms with Gasteiger partial charge < -0.3 is 4.74 Å². The summed E-state index contributed by atoms with van der Waals surface area (Å²) < 4.78 is 5.08. The van der Waals surface area contributed by atoms with Crippen LogP contribution in [0.2, 0.25) is 0 Å². The van der Waals surface area contributed by atoms with Gasteiger partial charge in [0.25, 0.3) is 0 Å². The fourth-order valence-electron chi connectivity index (χ4n) is 2.04. The van der Waals surface area contributed by atoms with Crippen LogP contribution in [0.4, 0.5) is 4.79 Å². The van der Waals surface area contributed by atoms with Crippen LogP contribution in [-0.2, 0) is 4.74 Å². The highest BCUT2D eigenvalue weighted by Gasteiger charge is 2.26. The number of rotatable bonds is 3. The average molecular weight is 335 g/mol. The van der Waals surface area contributed by atoms with Crippen molar-refractivity contribution in [2.45, 2.75) is 49.2 Å². The molecule has 0 radical (unpaired) electrons. The Hall–Kier alpha value is -0.440. The van der Waals surface area contributed by atoms with Crippen LogP contribution in [0.5, 0.6) is 0 Å². The summed E-state index contributed by atoms with van der Waals surface area (Å²) in [5, 5.41) is 0. The van der Waals surface area contributed by atoms with Crippen LogP contribution in [0.15, 0.2) is 0 Å². The lowest BCUT2D eigenvalue weighted by Gasteiger charge is -2.32. The van der Waals surface area contributed by atoms with E-state index in [1.165, 1.54) is 19.3 Å². The van der Waals surface area contributed by atoms with Gasteiger partial charge in [-0.25, -0.2) is 4.79 Å². The highest BCUT2D eigenvalue weighted by Crippen LogP contribution is 2.23. The molecule has 90 valence electrons. The molecule has 4 heteroatoms. The van der Waals surface area contributed by atoms with Crippen molar-refractivity contribution in [3.8, 4) is 12.3 Å². The highest BCUT2D eigenvalue weighted by atomic mass is 127. The summed E-state index contributed by atoms with van der Waals surface area (Å²) in [7, 11) is 0. The van der Waals surface area contributed by atoms with Crippen molar-refractivity contribution in [1.82, 2.24) is 4.90 Å². The van der Waals surface area contributed by atoms with E-state index in [9.17, 15) is 4.79 Å². The topological polar surface area (TPSA) is 29.5 Å². The number of halogens is 1. The van der Waals surface area contributed by atoms with Crippen molar-refractivity contribution in [3.05, 3.63) is 0 Å². The quantitative estimate of drug-likeness (QED) is 0.450. The van der Waals surface area contributed by atoms with E-state index in [0.29, 0.717) is 6.54 Å². The van der Waals surface area contributed by atoms with Gasteiger partial charge in [-0.05, 0) is 42.4 Å². The van der Waals surface area contributed by atoms with Gasteiger partial charge in [0.1, 0.15) is 0 Å². The predicted molar refractivity (Wildman–Crippen MR) is 72.4 cm³/mol. The Morgan fingerprint density at radius 2 is 2.19 bits per heavy atom. The van der Waals surface area contributed by atoms with Crippen LogP contribution in [0.25, 0.3) is 0 Å². The Morgan fingerprint density at radius 1 is 1.56 bits per heavy atom.